The van der Waals surface area contributed by atoms with Crippen LogP contribution in [0.25, 0.3) is 6.08 Å². The van der Waals surface area contributed by atoms with E-state index in [1.807, 2.05) is 30.3 Å². The second-order valence-corrected chi connectivity index (χ2v) is 12.5. The highest BCUT2D eigenvalue weighted by molar-refractivity contribution is 9.10. The molecule has 6 nitrogen and oxygen atoms in total. The van der Waals surface area contributed by atoms with Crippen molar-refractivity contribution in [3.8, 4) is 0 Å². The highest BCUT2D eigenvalue weighted by atomic mass is 79.9. The SMILES string of the molecule is O=C(Nc1ccc(S[C@@H](C(=O)Nc2ccc(Cl)cc2)c2ccccc2)cc1)/C(=C\c1ccc(Br)cc1)NC(=O)c1ccccc1F. The molecule has 46 heavy (non-hydrogen) atoms. The van der Waals surface area contributed by atoms with Crippen molar-refractivity contribution in [3.63, 3.8) is 0 Å². The highest BCUT2D eigenvalue weighted by Crippen LogP contribution is 2.37. The summed E-state index contributed by atoms with van der Waals surface area (Å²) in [5, 5.41) is 8.30. The minimum absolute atomic E-state index is 0.0722. The molecule has 0 aliphatic carbocycles. The van der Waals surface area contributed by atoms with Crippen molar-refractivity contribution in [2.24, 2.45) is 0 Å². The Morgan fingerprint density at radius 3 is 2.02 bits per heavy atom. The summed E-state index contributed by atoms with van der Waals surface area (Å²) in [5.41, 5.74) is 2.30. The lowest BCUT2D eigenvalue weighted by Crippen LogP contribution is -2.31. The number of benzene rings is 5. The van der Waals surface area contributed by atoms with Crippen LogP contribution >= 0.6 is 39.3 Å². The summed E-state index contributed by atoms with van der Waals surface area (Å²) in [6, 6.07) is 36.0. The Hall–Kier alpha value is -4.70. The van der Waals surface area contributed by atoms with Gasteiger partial charge in [-0.3, -0.25) is 14.4 Å². The van der Waals surface area contributed by atoms with E-state index in [-0.39, 0.29) is 17.2 Å². The molecule has 0 radical (unpaired) electrons. The largest absolute Gasteiger partial charge is 0.325 e. The average molecular weight is 715 g/mol. The molecule has 0 unspecified atom stereocenters. The molecule has 0 bridgehead atoms. The summed E-state index contributed by atoms with van der Waals surface area (Å²) >= 11 is 10.7. The van der Waals surface area contributed by atoms with Crippen molar-refractivity contribution in [1.82, 2.24) is 5.32 Å². The van der Waals surface area contributed by atoms with Crippen molar-refractivity contribution >= 4 is 74.5 Å². The van der Waals surface area contributed by atoms with Crippen molar-refractivity contribution in [1.29, 1.82) is 0 Å². The molecule has 0 aliphatic heterocycles. The zero-order chi connectivity index (χ0) is 32.5. The number of anilines is 2. The molecule has 0 heterocycles. The molecule has 0 saturated heterocycles. The number of carbonyl (C=O) groups excluding carboxylic acids is 3. The first-order valence-corrected chi connectivity index (χ1v) is 16.0. The third-order valence-corrected chi connectivity index (χ3v) is 8.66. The molecule has 5 aromatic rings. The summed E-state index contributed by atoms with van der Waals surface area (Å²) in [6.07, 6.45) is 1.51. The van der Waals surface area contributed by atoms with E-state index in [4.69, 9.17) is 11.6 Å². The van der Waals surface area contributed by atoms with Gasteiger partial charge in [-0.25, -0.2) is 4.39 Å². The Balaban J connectivity index is 1.33. The maximum Gasteiger partial charge on any atom is 0.272 e. The van der Waals surface area contributed by atoms with Gasteiger partial charge in [0.1, 0.15) is 16.8 Å². The van der Waals surface area contributed by atoms with Crippen LogP contribution in [0.5, 0.6) is 0 Å². The molecule has 5 aromatic carbocycles. The molecule has 0 saturated carbocycles. The Morgan fingerprint density at radius 1 is 0.739 bits per heavy atom. The van der Waals surface area contributed by atoms with Crippen LogP contribution < -0.4 is 16.0 Å². The van der Waals surface area contributed by atoms with E-state index in [1.165, 1.54) is 36.0 Å². The monoisotopic (exact) mass is 713 g/mol. The minimum atomic E-state index is -0.757. The van der Waals surface area contributed by atoms with Crippen LogP contribution in [-0.2, 0) is 9.59 Å². The second-order valence-electron chi connectivity index (χ2n) is 9.93. The lowest BCUT2D eigenvalue weighted by molar-refractivity contribution is -0.116. The lowest BCUT2D eigenvalue weighted by Gasteiger charge is -2.17. The summed E-state index contributed by atoms with van der Waals surface area (Å²) in [4.78, 5) is 40.5. The molecular formula is C36H26BrClFN3O3S. The number of thioether (sulfide) groups is 1. The predicted octanol–water partition coefficient (Wildman–Crippen LogP) is 9.12. The Labute approximate surface area is 283 Å². The zero-order valence-corrected chi connectivity index (χ0v) is 27.2. The number of hydrogen-bond acceptors (Lipinski definition) is 4. The van der Waals surface area contributed by atoms with Crippen LogP contribution in [0.4, 0.5) is 15.8 Å². The summed E-state index contributed by atoms with van der Waals surface area (Å²) in [5.74, 6) is -2.26. The van der Waals surface area contributed by atoms with Gasteiger partial charge in [-0.15, -0.1) is 11.8 Å². The number of rotatable bonds is 10. The molecule has 3 N–H and O–H groups in total. The van der Waals surface area contributed by atoms with Gasteiger partial charge in [0.15, 0.2) is 0 Å². The van der Waals surface area contributed by atoms with Gasteiger partial charge in [0.25, 0.3) is 11.8 Å². The smallest absolute Gasteiger partial charge is 0.272 e. The van der Waals surface area contributed by atoms with Crippen LogP contribution in [-0.4, -0.2) is 17.7 Å². The lowest BCUT2D eigenvalue weighted by atomic mass is 10.1. The first-order valence-electron chi connectivity index (χ1n) is 14.0. The van der Waals surface area contributed by atoms with Gasteiger partial charge in [0.05, 0.1) is 5.56 Å². The first-order chi connectivity index (χ1) is 22.2. The first kappa shape index (κ1) is 32.7. The average Bonchev–Trinajstić information content (AvgIpc) is 3.06. The van der Waals surface area contributed by atoms with E-state index in [9.17, 15) is 18.8 Å². The maximum atomic E-state index is 14.3. The summed E-state index contributed by atoms with van der Waals surface area (Å²) in [6.45, 7) is 0. The number of hydrogen-bond donors (Lipinski definition) is 3. The fourth-order valence-electron chi connectivity index (χ4n) is 4.31. The van der Waals surface area contributed by atoms with Crippen LogP contribution in [0.15, 0.2) is 142 Å². The standard InChI is InChI=1S/C36H26BrClFN3O3S/c37-25-12-10-23(11-13-25)22-32(42-34(43)30-8-4-5-9-31(30)39)35(44)40-28-18-20-29(21-19-28)46-33(24-6-2-1-3-7-24)36(45)41-27-16-14-26(38)15-17-27/h1-22,33H,(H,40,44)(H,41,45)(H,42,43)/b32-22+/t33-/m1/s1. The quantitative estimate of drug-likeness (QED) is 0.0995. The van der Waals surface area contributed by atoms with Crippen molar-refractivity contribution < 1.29 is 18.8 Å². The molecule has 0 spiro atoms. The zero-order valence-electron chi connectivity index (χ0n) is 24.0. The van der Waals surface area contributed by atoms with Gasteiger partial charge in [-0.05, 0) is 90.0 Å². The van der Waals surface area contributed by atoms with Crippen LogP contribution in [0, 0.1) is 5.82 Å². The fraction of sp³-hybridized carbons (Fsp3) is 0.0278. The van der Waals surface area contributed by atoms with Crippen molar-refractivity contribution in [3.05, 3.63) is 165 Å². The molecule has 230 valence electrons. The molecule has 1 atom stereocenters. The maximum absolute atomic E-state index is 14.3. The summed E-state index contributed by atoms with van der Waals surface area (Å²) < 4.78 is 15.2. The van der Waals surface area contributed by atoms with Gasteiger partial charge >= 0.3 is 0 Å². The predicted molar refractivity (Wildman–Crippen MR) is 186 cm³/mol. The Bertz CT molecular complexity index is 1870. The molecule has 10 heteroatoms. The number of nitrogens with one attached hydrogen (secondary N) is 3. The van der Waals surface area contributed by atoms with E-state index < -0.39 is 22.9 Å². The van der Waals surface area contributed by atoms with Crippen LogP contribution in [0.3, 0.4) is 0 Å². The Kier molecular flexibility index (Phi) is 11.0. The van der Waals surface area contributed by atoms with E-state index >= 15 is 0 Å². The molecule has 3 amide bonds. The highest BCUT2D eigenvalue weighted by Gasteiger charge is 2.23. The fourth-order valence-corrected chi connectivity index (χ4v) is 5.73. The Morgan fingerprint density at radius 2 is 1.35 bits per heavy atom. The third kappa shape index (κ3) is 8.94. The topological polar surface area (TPSA) is 87.3 Å². The van der Waals surface area contributed by atoms with Crippen LogP contribution in [0.1, 0.15) is 26.7 Å². The van der Waals surface area contributed by atoms with Crippen molar-refractivity contribution in [2.75, 3.05) is 10.6 Å². The van der Waals surface area contributed by atoms with E-state index in [2.05, 4.69) is 31.9 Å². The van der Waals surface area contributed by atoms with E-state index in [1.54, 1.807) is 78.9 Å². The number of halogens is 3. The second kappa shape index (κ2) is 15.5. The summed E-state index contributed by atoms with van der Waals surface area (Å²) in [7, 11) is 0. The number of amides is 3. The van der Waals surface area contributed by atoms with Crippen molar-refractivity contribution in [2.45, 2.75) is 10.1 Å². The third-order valence-electron chi connectivity index (χ3n) is 6.61. The molecule has 0 aliphatic rings. The van der Waals surface area contributed by atoms with Gasteiger partial charge < -0.3 is 16.0 Å². The normalized spacial score (nSPS) is 11.8. The van der Waals surface area contributed by atoms with Gasteiger partial charge in [-0.1, -0.05) is 82.1 Å². The minimum Gasteiger partial charge on any atom is -0.325 e. The molecule has 5 rings (SSSR count). The van der Waals surface area contributed by atoms with E-state index in [0.29, 0.717) is 22.0 Å². The van der Waals surface area contributed by atoms with Crippen LogP contribution in [0.2, 0.25) is 5.02 Å². The van der Waals surface area contributed by atoms with E-state index in [0.717, 1.165) is 14.9 Å². The van der Waals surface area contributed by atoms with Gasteiger partial charge in [0, 0.05) is 25.8 Å². The van der Waals surface area contributed by atoms with Gasteiger partial charge in [0.2, 0.25) is 5.91 Å². The van der Waals surface area contributed by atoms with Gasteiger partial charge in [-0.2, -0.15) is 0 Å². The molecule has 0 aromatic heterocycles. The molecule has 0 fully saturated rings. The number of carbonyl (C=O) groups is 3. The molecular weight excluding hydrogens is 689 g/mol.